The Bertz CT molecular complexity index is 752. The van der Waals surface area contributed by atoms with Crippen LogP contribution in [0.15, 0.2) is 49.3 Å². The van der Waals surface area contributed by atoms with Crippen LogP contribution >= 0.6 is 0 Å². The van der Waals surface area contributed by atoms with E-state index in [0.717, 1.165) is 18.8 Å². The van der Waals surface area contributed by atoms with Gasteiger partial charge in [0.05, 0.1) is 12.4 Å². The van der Waals surface area contributed by atoms with Gasteiger partial charge in [-0.15, -0.1) is 0 Å². The number of benzene rings is 1. The largest absolute Gasteiger partial charge is 0.368 e. The summed E-state index contributed by atoms with van der Waals surface area (Å²) < 4.78 is 1.59. The third-order valence-corrected chi connectivity index (χ3v) is 3.77. The minimum Gasteiger partial charge on any atom is -0.368 e. The van der Waals surface area contributed by atoms with Gasteiger partial charge in [0.15, 0.2) is 5.82 Å². The Morgan fingerprint density at radius 2 is 2.14 bits per heavy atom. The topological polar surface area (TPSA) is 68.5 Å². The second-order valence-electron chi connectivity index (χ2n) is 5.08. The summed E-state index contributed by atoms with van der Waals surface area (Å²) in [4.78, 5) is 12.6. The third kappa shape index (κ3) is 2.24. The number of nitrogens with zero attached hydrogens (tertiary/aromatic N) is 5. The van der Waals surface area contributed by atoms with Crippen molar-refractivity contribution in [2.24, 2.45) is 0 Å². The van der Waals surface area contributed by atoms with Crippen molar-refractivity contribution >= 4 is 5.82 Å². The molecule has 0 fully saturated rings. The molecule has 1 aliphatic rings. The van der Waals surface area contributed by atoms with E-state index >= 15 is 0 Å². The number of anilines is 1. The van der Waals surface area contributed by atoms with E-state index in [4.69, 9.17) is 0 Å². The number of fused-ring (bicyclic) bond motifs is 1. The molecule has 1 aliphatic carbocycles. The molecule has 0 saturated heterocycles. The van der Waals surface area contributed by atoms with Crippen LogP contribution in [0.5, 0.6) is 0 Å². The van der Waals surface area contributed by atoms with Gasteiger partial charge in [-0.25, -0.2) is 14.6 Å². The van der Waals surface area contributed by atoms with Gasteiger partial charge in [-0.2, -0.15) is 5.10 Å². The van der Waals surface area contributed by atoms with Crippen LogP contribution in [-0.2, 0) is 6.42 Å². The Morgan fingerprint density at radius 3 is 3.00 bits per heavy atom. The van der Waals surface area contributed by atoms with Crippen molar-refractivity contribution in [3.05, 3.63) is 60.4 Å². The maximum absolute atomic E-state index is 4.49. The van der Waals surface area contributed by atoms with Crippen LogP contribution in [0.2, 0.25) is 0 Å². The summed E-state index contributed by atoms with van der Waals surface area (Å²) in [5.41, 5.74) is 2.89. The SMILES string of the molecule is c1ccc2c(c1)CC2CNc1cncc(-n2cncn2)n1. The van der Waals surface area contributed by atoms with Crippen molar-refractivity contribution in [3.63, 3.8) is 0 Å². The average Bonchev–Trinajstić information content (AvgIpc) is 3.03. The van der Waals surface area contributed by atoms with Crippen LogP contribution in [0.4, 0.5) is 5.82 Å². The molecule has 6 nitrogen and oxygen atoms in total. The second kappa shape index (κ2) is 4.97. The van der Waals surface area contributed by atoms with Gasteiger partial charge < -0.3 is 5.32 Å². The summed E-state index contributed by atoms with van der Waals surface area (Å²) in [6.07, 6.45) is 7.60. The highest BCUT2D eigenvalue weighted by Gasteiger charge is 2.24. The van der Waals surface area contributed by atoms with Gasteiger partial charge >= 0.3 is 0 Å². The van der Waals surface area contributed by atoms with Crippen LogP contribution in [0.1, 0.15) is 17.0 Å². The van der Waals surface area contributed by atoms with Crippen molar-refractivity contribution in [1.29, 1.82) is 0 Å². The predicted molar refractivity (Wildman–Crippen MR) is 78.3 cm³/mol. The van der Waals surface area contributed by atoms with Gasteiger partial charge in [0.1, 0.15) is 18.5 Å². The summed E-state index contributed by atoms with van der Waals surface area (Å²) in [6.45, 7) is 0.868. The quantitative estimate of drug-likeness (QED) is 0.788. The molecule has 3 aromatic rings. The van der Waals surface area contributed by atoms with Gasteiger partial charge in [-0.1, -0.05) is 24.3 Å². The van der Waals surface area contributed by atoms with Gasteiger partial charge in [0, 0.05) is 12.5 Å². The molecule has 104 valence electrons. The van der Waals surface area contributed by atoms with E-state index in [2.05, 4.69) is 49.6 Å². The lowest BCUT2D eigenvalue weighted by Crippen LogP contribution is -2.24. The fraction of sp³-hybridized carbons (Fsp3) is 0.200. The maximum Gasteiger partial charge on any atom is 0.175 e. The Kier molecular flexibility index (Phi) is 2.85. The summed E-state index contributed by atoms with van der Waals surface area (Å²) in [5.74, 6) is 1.97. The lowest BCUT2D eigenvalue weighted by molar-refractivity contribution is 0.634. The molecule has 4 rings (SSSR count). The van der Waals surface area contributed by atoms with Crippen molar-refractivity contribution in [3.8, 4) is 5.82 Å². The highest BCUT2D eigenvalue weighted by molar-refractivity contribution is 5.43. The molecule has 21 heavy (non-hydrogen) atoms. The first-order valence-corrected chi connectivity index (χ1v) is 6.89. The lowest BCUT2D eigenvalue weighted by Gasteiger charge is -2.30. The standard InChI is InChI=1S/C15H14N6/c1-2-4-13-11(3-1)5-12(13)6-18-14-7-16-8-15(20-14)21-10-17-9-19-21/h1-4,7-10,12H,5-6H2,(H,18,20). The first kappa shape index (κ1) is 12.0. The summed E-state index contributed by atoms with van der Waals surface area (Å²) in [6, 6.07) is 8.57. The van der Waals surface area contributed by atoms with Gasteiger partial charge in [-0.05, 0) is 17.5 Å². The molecule has 1 atom stereocenters. The molecule has 6 heteroatoms. The molecule has 0 spiro atoms. The molecule has 2 aromatic heterocycles. The molecular weight excluding hydrogens is 264 g/mol. The molecule has 2 heterocycles. The third-order valence-electron chi connectivity index (χ3n) is 3.77. The van der Waals surface area contributed by atoms with E-state index in [1.807, 2.05) is 0 Å². The minimum absolute atomic E-state index is 0.554. The Hall–Kier alpha value is -2.76. The van der Waals surface area contributed by atoms with E-state index in [0.29, 0.717) is 11.7 Å². The summed E-state index contributed by atoms with van der Waals surface area (Å²) in [5, 5.41) is 7.41. The fourth-order valence-corrected chi connectivity index (χ4v) is 2.65. The number of hydrogen-bond acceptors (Lipinski definition) is 5. The molecular formula is C15H14N6. The first-order chi connectivity index (χ1) is 10.4. The molecule has 0 bridgehead atoms. The Labute approximate surface area is 121 Å². The smallest absolute Gasteiger partial charge is 0.175 e. The highest BCUT2D eigenvalue weighted by Crippen LogP contribution is 2.34. The van der Waals surface area contributed by atoms with Crippen LogP contribution in [-0.4, -0.2) is 31.3 Å². The van der Waals surface area contributed by atoms with E-state index in [1.165, 1.54) is 17.5 Å². The number of rotatable bonds is 4. The van der Waals surface area contributed by atoms with Gasteiger partial charge in [0.25, 0.3) is 0 Å². The zero-order valence-electron chi connectivity index (χ0n) is 11.3. The van der Waals surface area contributed by atoms with Crippen molar-refractivity contribution in [2.75, 3.05) is 11.9 Å². The highest BCUT2D eigenvalue weighted by atomic mass is 15.3. The first-order valence-electron chi connectivity index (χ1n) is 6.89. The molecule has 0 saturated carbocycles. The zero-order valence-corrected chi connectivity index (χ0v) is 11.3. The van der Waals surface area contributed by atoms with Crippen molar-refractivity contribution in [2.45, 2.75) is 12.3 Å². The molecule has 1 aromatic carbocycles. The van der Waals surface area contributed by atoms with E-state index in [1.54, 1.807) is 23.4 Å². The molecule has 0 amide bonds. The maximum atomic E-state index is 4.49. The van der Waals surface area contributed by atoms with Crippen molar-refractivity contribution < 1.29 is 0 Å². The van der Waals surface area contributed by atoms with Gasteiger partial charge in [-0.3, -0.25) is 4.98 Å². The molecule has 1 unspecified atom stereocenters. The van der Waals surface area contributed by atoms with E-state index < -0.39 is 0 Å². The Balaban J connectivity index is 1.46. The number of aromatic nitrogens is 5. The fourth-order valence-electron chi connectivity index (χ4n) is 2.65. The van der Waals surface area contributed by atoms with Gasteiger partial charge in [0.2, 0.25) is 0 Å². The van der Waals surface area contributed by atoms with E-state index in [9.17, 15) is 0 Å². The zero-order chi connectivity index (χ0) is 14.1. The van der Waals surface area contributed by atoms with Crippen LogP contribution in [0.25, 0.3) is 5.82 Å². The molecule has 0 radical (unpaired) electrons. The second-order valence-corrected chi connectivity index (χ2v) is 5.08. The summed E-state index contributed by atoms with van der Waals surface area (Å²) in [7, 11) is 0. The Morgan fingerprint density at radius 1 is 1.19 bits per heavy atom. The number of hydrogen-bond donors (Lipinski definition) is 1. The van der Waals surface area contributed by atoms with Crippen molar-refractivity contribution in [1.82, 2.24) is 24.7 Å². The average molecular weight is 278 g/mol. The van der Waals surface area contributed by atoms with E-state index in [-0.39, 0.29) is 0 Å². The molecule has 0 aliphatic heterocycles. The minimum atomic E-state index is 0.554. The summed E-state index contributed by atoms with van der Waals surface area (Å²) >= 11 is 0. The van der Waals surface area contributed by atoms with Crippen LogP contribution < -0.4 is 5.32 Å². The predicted octanol–water partition coefficient (Wildman–Crippen LogP) is 1.81. The number of nitrogens with one attached hydrogen (secondary N) is 1. The molecule has 1 N–H and O–H groups in total. The monoisotopic (exact) mass is 278 g/mol. The van der Waals surface area contributed by atoms with Crippen LogP contribution in [0, 0.1) is 0 Å². The normalized spacial score (nSPS) is 16.1. The lowest BCUT2D eigenvalue weighted by atomic mass is 9.78. The van der Waals surface area contributed by atoms with Crippen LogP contribution in [0.3, 0.4) is 0 Å².